The van der Waals surface area contributed by atoms with Crippen LogP contribution in [0.15, 0.2) is 48.5 Å². The van der Waals surface area contributed by atoms with Crippen LogP contribution in [0.25, 0.3) is 0 Å². The number of nitrogens with two attached hydrogens (primary N) is 1. The van der Waals surface area contributed by atoms with Crippen molar-refractivity contribution in [2.24, 2.45) is 0 Å². The number of nitrogen functional groups attached to an aromatic ring is 1. The first-order chi connectivity index (χ1) is 10.6. The molecule has 0 aliphatic heterocycles. The smallest absolute Gasteiger partial charge is 0.408 e. The predicted molar refractivity (Wildman–Crippen MR) is 82.3 cm³/mol. The summed E-state index contributed by atoms with van der Waals surface area (Å²) in [5, 5.41) is 2.47. The molecule has 0 saturated carbocycles. The summed E-state index contributed by atoms with van der Waals surface area (Å²) in [6.07, 6.45) is -0.573. The maximum atomic E-state index is 13.5. The second-order valence-corrected chi connectivity index (χ2v) is 4.46. The minimum atomic E-state index is -0.573. The Morgan fingerprint density at radius 2 is 2.00 bits per heavy atom. The normalized spacial score (nSPS) is 9.50. The molecule has 0 radical (unpaired) electrons. The van der Waals surface area contributed by atoms with Crippen molar-refractivity contribution in [2.75, 3.05) is 12.3 Å². The Labute approximate surface area is 128 Å². The first-order valence-electron chi connectivity index (χ1n) is 6.63. The molecule has 22 heavy (non-hydrogen) atoms. The number of carbonyl (C=O) groups excluding carboxylic acids is 1. The highest BCUT2D eigenvalue weighted by atomic mass is 19.1. The molecule has 4 nitrogen and oxygen atoms in total. The van der Waals surface area contributed by atoms with E-state index in [0.29, 0.717) is 5.69 Å². The molecule has 5 heteroatoms. The monoisotopic (exact) mass is 298 g/mol. The van der Waals surface area contributed by atoms with Gasteiger partial charge in [-0.3, -0.25) is 0 Å². The van der Waals surface area contributed by atoms with Crippen LogP contribution in [-0.4, -0.2) is 12.6 Å². The van der Waals surface area contributed by atoms with Crippen molar-refractivity contribution < 1.29 is 13.9 Å². The van der Waals surface area contributed by atoms with Crippen molar-refractivity contribution in [3.05, 3.63) is 65.5 Å². The average Bonchev–Trinajstić information content (AvgIpc) is 2.52. The van der Waals surface area contributed by atoms with Gasteiger partial charge in [0.2, 0.25) is 0 Å². The Morgan fingerprint density at radius 1 is 1.23 bits per heavy atom. The number of alkyl carbamates (subject to hydrolysis) is 1. The number of amides is 1. The Morgan fingerprint density at radius 3 is 2.73 bits per heavy atom. The minimum absolute atomic E-state index is 0.0669. The maximum absolute atomic E-state index is 13.5. The van der Waals surface area contributed by atoms with Crippen LogP contribution in [-0.2, 0) is 11.3 Å². The number of anilines is 1. The second kappa shape index (κ2) is 7.70. The number of carbonyl (C=O) groups is 1. The molecule has 112 valence electrons. The van der Waals surface area contributed by atoms with E-state index in [4.69, 9.17) is 10.5 Å². The molecule has 2 aromatic rings. The van der Waals surface area contributed by atoms with E-state index in [-0.39, 0.29) is 18.7 Å². The van der Waals surface area contributed by atoms with Crippen LogP contribution in [0, 0.1) is 17.7 Å². The fraction of sp³-hybridized carbons (Fsp3) is 0.118. The Bertz CT molecular complexity index is 706. The van der Waals surface area contributed by atoms with Gasteiger partial charge in [0, 0.05) is 5.69 Å². The molecule has 0 atom stereocenters. The lowest BCUT2D eigenvalue weighted by atomic mass is 10.2. The second-order valence-electron chi connectivity index (χ2n) is 4.46. The molecule has 0 aromatic heterocycles. The van der Waals surface area contributed by atoms with Gasteiger partial charge in [0.05, 0.1) is 12.1 Å². The van der Waals surface area contributed by atoms with Gasteiger partial charge in [0.25, 0.3) is 0 Å². The van der Waals surface area contributed by atoms with Gasteiger partial charge in [-0.2, -0.15) is 0 Å². The molecular weight excluding hydrogens is 283 g/mol. The van der Waals surface area contributed by atoms with Crippen LogP contribution in [0.1, 0.15) is 11.1 Å². The van der Waals surface area contributed by atoms with Crippen LogP contribution < -0.4 is 11.1 Å². The predicted octanol–water partition coefficient (Wildman–Crippen LogP) is 2.69. The summed E-state index contributed by atoms with van der Waals surface area (Å²) in [5.41, 5.74) is 6.91. The Balaban J connectivity index is 1.76. The standard InChI is InChI=1S/C17H15FN2O2/c18-16-11-15(19)9-8-14(16)7-4-10-20-17(21)22-12-13-5-2-1-3-6-13/h1-3,5-6,8-9,11H,10,12,19H2,(H,20,21). The zero-order valence-electron chi connectivity index (χ0n) is 11.8. The summed E-state index contributed by atoms with van der Waals surface area (Å²) in [7, 11) is 0. The molecule has 0 unspecified atom stereocenters. The molecule has 0 spiro atoms. The summed E-state index contributed by atoms with van der Waals surface area (Å²) in [6.45, 7) is 0.254. The third kappa shape index (κ3) is 4.84. The van der Waals surface area contributed by atoms with Gasteiger partial charge in [-0.1, -0.05) is 42.2 Å². The molecule has 0 fully saturated rings. The Kier molecular flexibility index (Phi) is 5.38. The van der Waals surface area contributed by atoms with Crippen molar-refractivity contribution in [3.8, 4) is 11.8 Å². The number of halogens is 1. The quantitative estimate of drug-likeness (QED) is 0.676. The summed E-state index contributed by atoms with van der Waals surface area (Å²) in [5.74, 6) is 4.78. The third-order valence-corrected chi connectivity index (χ3v) is 2.75. The van der Waals surface area contributed by atoms with E-state index < -0.39 is 11.9 Å². The lowest BCUT2D eigenvalue weighted by Crippen LogP contribution is -2.24. The van der Waals surface area contributed by atoms with Crippen molar-refractivity contribution in [1.29, 1.82) is 0 Å². The average molecular weight is 298 g/mol. The molecule has 2 rings (SSSR count). The lowest BCUT2D eigenvalue weighted by molar-refractivity contribution is 0.141. The molecule has 1 amide bonds. The van der Waals surface area contributed by atoms with Crippen LogP contribution >= 0.6 is 0 Å². The summed E-state index contributed by atoms with van der Waals surface area (Å²) in [6, 6.07) is 13.6. The van der Waals surface area contributed by atoms with E-state index >= 15 is 0 Å². The zero-order valence-corrected chi connectivity index (χ0v) is 11.8. The molecule has 0 saturated heterocycles. The van der Waals surface area contributed by atoms with E-state index in [1.54, 1.807) is 6.07 Å². The van der Waals surface area contributed by atoms with Gasteiger partial charge in [-0.05, 0) is 23.8 Å². The van der Waals surface area contributed by atoms with Gasteiger partial charge in [0.15, 0.2) is 0 Å². The topological polar surface area (TPSA) is 64.3 Å². The van der Waals surface area contributed by atoms with Crippen LogP contribution in [0.2, 0.25) is 0 Å². The number of rotatable bonds is 3. The van der Waals surface area contributed by atoms with Crippen molar-refractivity contribution in [1.82, 2.24) is 5.32 Å². The molecule has 0 aliphatic rings. The van der Waals surface area contributed by atoms with Crippen molar-refractivity contribution in [2.45, 2.75) is 6.61 Å². The van der Waals surface area contributed by atoms with Crippen LogP contribution in [0.3, 0.4) is 0 Å². The largest absolute Gasteiger partial charge is 0.445 e. The fourth-order valence-corrected chi connectivity index (χ4v) is 1.66. The minimum Gasteiger partial charge on any atom is -0.445 e. The highest BCUT2D eigenvalue weighted by molar-refractivity contribution is 5.67. The van der Waals surface area contributed by atoms with Gasteiger partial charge < -0.3 is 15.8 Å². The zero-order chi connectivity index (χ0) is 15.8. The Hall–Kier alpha value is -3.00. The highest BCUT2D eigenvalue weighted by Crippen LogP contribution is 2.10. The van der Waals surface area contributed by atoms with Gasteiger partial charge in [-0.25, -0.2) is 9.18 Å². The molecular formula is C17H15FN2O2. The molecule has 0 heterocycles. The van der Waals surface area contributed by atoms with E-state index in [2.05, 4.69) is 17.2 Å². The van der Waals surface area contributed by atoms with Gasteiger partial charge in [-0.15, -0.1) is 0 Å². The number of ether oxygens (including phenoxy) is 1. The summed E-state index contributed by atoms with van der Waals surface area (Å²) >= 11 is 0. The van der Waals surface area contributed by atoms with Gasteiger partial charge >= 0.3 is 6.09 Å². The summed E-state index contributed by atoms with van der Waals surface area (Å²) in [4.78, 5) is 11.4. The van der Waals surface area contributed by atoms with E-state index in [0.717, 1.165) is 5.56 Å². The first kappa shape index (κ1) is 15.4. The maximum Gasteiger partial charge on any atom is 0.408 e. The lowest BCUT2D eigenvalue weighted by Gasteiger charge is -2.04. The number of hydrogen-bond acceptors (Lipinski definition) is 3. The van der Waals surface area contributed by atoms with Crippen molar-refractivity contribution >= 4 is 11.8 Å². The third-order valence-electron chi connectivity index (χ3n) is 2.75. The number of hydrogen-bond donors (Lipinski definition) is 2. The fourth-order valence-electron chi connectivity index (χ4n) is 1.66. The van der Waals surface area contributed by atoms with Crippen LogP contribution in [0.4, 0.5) is 14.9 Å². The molecule has 3 N–H and O–H groups in total. The van der Waals surface area contributed by atoms with E-state index in [9.17, 15) is 9.18 Å². The molecule has 0 aliphatic carbocycles. The van der Waals surface area contributed by atoms with E-state index in [1.165, 1.54) is 12.1 Å². The van der Waals surface area contributed by atoms with Crippen molar-refractivity contribution in [3.63, 3.8) is 0 Å². The molecule has 0 bridgehead atoms. The van der Waals surface area contributed by atoms with Gasteiger partial charge in [0.1, 0.15) is 12.4 Å². The highest BCUT2D eigenvalue weighted by Gasteiger charge is 2.01. The van der Waals surface area contributed by atoms with Crippen LogP contribution in [0.5, 0.6) is 0 Å². The SMILES string of the molecule is Nc1ccc(C#CCNC(=O)OCc2ccccc2)c(F)c1. The summed E-state index contributed by atoms with van der Waals surface area (Å²) < 4.78 is 18.5. The number of nitrogens with one attached hydrogen (secondary N) is 1. The van der Waals surface area contributed by atoms with E-state index in [1.807, 2.05) is 30.3 Å². The molecule has 2 aromatic carbocycles. The number of benzene rings is 2. The first-order valence-corrected chi connectivity index (χ1v) is 6.63.